The number of hydrogen-bond acceptors (Lipinski definition) is 3. The van der Waals surface area contributed by atoms with Crippen molar-refractivity contribution in [3.8, 4) is 17.0 Å². The average molecular weight is 300 g/mol. The number of para-hydroxylation sites is 1. The van der Waals surface area contributed by atoms with Gasteiger partial charge in [0.1, 0.15) is 11.6 Å². The number of fused-ring (bicyclic) bond motifs is 1. The zero-order valence-corrected chi connectivity index (χ0v) is 11.8. The Hall–Kier alpha value is -2.96. The third-order valence-electron chi connectivity index (χ3n) is 3.55. The van der Waals surface area contributed by atoms with E-state index in [1.807, 2.05) is 18.2 Å². The zero-order valence-electron chi connectivity index (χ0n) is 11.8. The molecule has 1 aromatic heterocycles. The molecule has 2 aromatic rings. The van der Waals surface area contributed by atoms with Gasteiger partial charge < -0.3 is 21.2 Å². The van der Waals surface area contributed by atoms with Gasteiger partial charge in [0.05, 0.1) is 17.9 Å². The molecule has 3 amide bonds. The van der Waals surface area contributed by atoms with Gasteiger partial charge >= 0.3 is 6.03 Å². The van der Waals surface area contributed by atoms with Crippen LogP contribution in [0.1, 0.15) is 22.3 Å². The summed E-state index contributed by atoms with van der Waals surface area (Å²) >= 11 is 0. The van der Waals surface area contributed by atoms with Gasteiger partial charge in [0.2, 0.25) is 0 Å². The van der Waals surface area contributed by atoms with E-state index in [1.54, 1.807) is 6.07 Å². The van der Waals surface area contributed by atoms with E-state index in [2.05, 4.69) is 10.3 Å². The maximum Gasteiger partial charge on any atom is 0.317 e. The van der Waals surface area contributed by atoms with E-state index < -0.39 is 11.9 Å². The summed E-state index contributed by atoms with van der Waals surface area (Å²) in [7, 11) is 0. The fourth-order valence-electron chi connectivity index (χ4n) is 2.62. The first-order chi connectivity index (χ1) is 10.6. The lowest BCUT2D eigenvalue weighted by atomic mass is 10.0. The fraction of sp³-hybridized carbons (Fsp3) is 0.200. The minimum atomic E-state index is -0.776. The van der Waals surface area contributed by atoms with Crippen LogP contribution in [0.3, 0.4) is 0 Å². The Kier molecular flexibility index (Phi) is 3.46. The van der Waals surface area contributed by atoms with Crippen LogP contribution in [0.15, 0.2) is 24.3 Å². The number of carbonyl (C=O) groups is 2. The van der Waals surface area contributed by atoms with Crippen LogP contribution in [0.2, 0.25) is 0 Å². The van der Waals surface area contributed by atoms with E-state index >= 15 is 0 Å². The van der Waals surface area contributed by atoms with Crippen LogP contribution < -0.4 is 21.5 Å². The number of anilines is 1. The summed E-state index contributed by atoms with van der Waals surface area (Å²) in [6.07, 6.45) is 1.92. The molecule has 0 fully saturated rings. The molecule has 0 bridgehead atoms. The molecule has 2 heterocycles. The van der Waals surface area contributed by atoms with E-state index in [1.165, 1.54) is 0 Å². The molecule has 0 unspecified atom stereocenters. The number of amides is 3. The lowest BCUT2D eigenvalue weighted by Gasteiger charge is -2.19. The van der Waals surface area contributed by atoms with Crippen molar-refractivity contribution in [1.29, 1.82) is 0 Å². The quantitative estimate of drug-likeness (QED) is 0.688. The van der Waals surface area contributed by atoms with Gasteiger partial charge in [-0.2, -0.15) is 0 Å². The van der Waals surface area contributed by atoms with Gasteiger partial charge in [0.25, 0.3) is 5.91 Å². The Labute approximate surface area is 126 Å². The molecular formula is C15H16N4O3. The third kappa shape index (κ3) is 2.48. The standard InChI is InChI=1S/C15H16N4O3/c16-13(20)10-7-11(18-14(10)19-15(17)21)9-5-1-3-8-4-2-6-22-12(8)9/h1,3,5,7,18H,2,4,6H2,(H2,16,20)(H3,17,19,21). The molecule has 1 aliphatic rings. The molecule has 0 radical (unpaired) electrons. The normalized spacial score (nSPS) is 13.1. The summed E-state index contributed by atoms with van der Waals surface area (Å²) in [5.74, 6) is 0.317. The Morgan fingerprint density at radius 2 is 2.09 bits per heavy atom. The molecule has 0 spiro atoms. The highest BCUT2D eigenvalue weighted by atomic mass is 16.5. The van der Waals surface area contributed by atoms with Gasteiger partial charge in [0, 0.05) is 5.56 Å². The van der Waals surface area contributed by atoms with Crippen LogP contribution in [-0.2, 0) is 6.42 Å². The smallest absolute Gasteiger partial charge is 0.317 e. The van der Waals surface area contributed by atoms with Crippen molar-refractivity contribution in [3.05, 3.63) is 35.4 Å². The lowest BCUT2D eigenvalue weighted by Crippen LogP contribution is -2.22. The highest BCUT2D eigenvalue weighted by Gasteiger charge is 2.20. The summed E-state index contributed by atoms with van der Waals surface area (Å²) in [5.41, 5.74) is 13.2. The number of urea groups is 1. The van der Waals surface area contributed by atoms with E-state index in [-0.39, 0.29) is 11.4 Å². The van der Waals surface area contributed by atoms with Crippen molar-refractivity contribution >= 4 is 17.8 Å². The van der Waals surface area contributed by atoms with Gasteiger partial charge in [-0.25, -0.2) is 4.79 Å². The fourth-order valence-corrected chi connectivity index (χ4v) is 2.62. The Morgan fingerprint density at radius 1 is 1.27 bits per heavy atom. The van der Waals surface area contributed by atoms with Crippen molar-refractivity contribution in [1.82, 2.24) is 4.98 Å². The van der Waals surface area contributed by atoms with Crippen LogP contribution in [-0.4, -0.2) is 23.5 Å². The minimum absolute atomic E-state index is 0.169. The minimum Gasteiger partial charge on any atom is -0.493 e. The summed E-state index contributed by atoms with van der Waals surface area (Å²) < 4.78 is 5.75. The number of ether oxygens (including phenoxy) is 1. The van der Waals surface area contributed by atoms with Gasteiger partial charge in [0.15, 0.2) is 0 Å². The number of carbonyl (C=O) groups excluding carboxylic acids is 2. The largest absolute Gasteiger partial charge is 0.493 e. The van der Waals surface area contributed by atoms with Crippen molar-refractivity contribution in [2.24, 2.45) is 11.5 Å². The second kappa shape index (κ2) is 5.44. The molecule has 0 atom stereocenters. The predicted molar refractivity (Wildman–Crippen MR) is 81.8 cm³/mol. The number of rotatable bonds is 3. The highest BCUT2D eigenvalue weighted by Crippen LogP contribution is 2.37. The molecule has 114 valence electrons. The molecule has 0 aliphatic carbocycles. The zero-order chi connectivity index (χ0) is 15.7. The van der Waals surface area contributed by atoms with Crippen molar-refractivity contribution in [2.45, 2.75) is 12.8 Å². The second-order valence-electron chi connectivity index (χ2n) is 5.07. The van der Waals surface area contributed by atoms with Crippen LogP contribution in [0.4, 0.5) is 10.6 Å². The Balaban J connectivity index is 2.09. The maximum absolute atomic E-state index is 11.5. The first-order valence-electron chi connectivity index (χ1n) is 6.90. The monoisotopic (exact) mass is 300 g/mol. The Bertz CT molecular complexity index is 751. The molecule has 3 rings (SSSR count). The summed E-state index contributed by atoms with van der Waals surface area (Å²) in [4.78, 5) is 25.5. The van der Waals surface area contributed by atoms with Crippen LogP contribution >= 0.6 is 0 Å². The van der Waals surface area contributed by atoms with Crippen molar-refractivity contribution in [2.75, 3.05) is 11.9 Å². The molecular weight excluding hydrogens is 284 g/mol. The summed E-state index contributed by atoms with van der Waals surface area (Å²) in [6, 6.07) is 6.63. The van der Waals surface area contributed by atoms with E-state index in [0.717, 1.165) is 29.7 Å². The molecule has 1 aromatic carbocycles. The maximum atomic E-state index is 11.5. The number of benzene rings is 1. The van der Waals surface area contributed by atoms with Crippen LogP contribution in [0.25, 0.3) is 11.3 Å². The highest BCUT2D eigenvalue weighted by molar-refractivity contribution is 6.03. The first kappa shape index (κ1) is 14.0. The number of aromatic nitrogens is 1. The summed E-state index contributed by atoms with van der Waals surface area (Å²) in [6.45, 7) is 0.653. The van der Waals surface area contributed by atoms with E-state index in [4.69, 9.17) is 16.2 Å². The molecule has 7 nitrogen and oxygen atoms in total. The third-order valence-corrected chi connectivity index (χ3v) is 3.55. The molecule has 22 heavy (non-hydrogen) atoms. The molecule has 0 saturated heterocycles. The van der Waals surface area contributed by atoms with Gasteiger partial charge in [-0.05, 0) is 30.5 Å². The van der Waals surface area contributed by atoms with E-state index in [9.17, 15) is 9.59 Å². The van der Waals surface area contributed by atoms with Crippen LogP contribution in [0, 0.1) is 0 Å². The number of aromatic amines is 1. The number of H-pyrrole nitrogens is 1. The molecule has 1 aliphatic heterocycles. The number of nitrogens with one attached hydrogen (secondary N) is 2. The van der Waals surface area contributed by atoms with Gasteiger partial charge in [-0.15, -0.1) is 0 Å². The number of nitrogens with two attached hydrogens (primary N) is 2. The predicted octanol–water partition coefficient (Wildman–Crippen LogP) is 1.60. The van der Waals surface area contributed by atoms with Crippen molar-refractivity contribution < 1.29 is 14.3 Å². The van der Waals surface area contributed by atoms with E-state index in [0.29, 0.717) is 12.3 Å². The molecule has 0 saturated carbocycles. The lowest BCUT2D eigenvalue weighted by molar-refractivity contribution is 0.100. The average Bonchev–Trinajstić information content (AvgIpc) is 2.89. The Morgan fingerprint density at radius 3 is 2.82 bits per heavy atom. The second-order valence-corrected chi connectivity index (χ2v) is 5.07. The molecule has 6 N–H and O–H groups in total. The number of primary amides is 2. The summed E-state index contributed by atoms with van der Waals surface area (Å²) in [5, 5.41) is 2.37. The van der Waals surface area contributed by atoms with Gasteiger partial charge in [-0.1, -0.05) is 12.1 Å². The van der Waals surface area contributed by atoms with Crippen LogP contribution in [0.5, 0.6) is 5.75 Å². The SMILES string of the molecule is NC(=O)Nc1[nH]c(-c2cccc3c2OCCC3)cc1C(N)=O. The van der Waals surface area contributed by atoms with Crippen molar-refractivity contribution in [3.63, 3.8) is 0 Å². The number of aryl methyl sites for hydroxylation is 1. The first-order valence-corrected chi connectivity index (χ1v) is 6.90. The topological polar surface area (TPSA) is 123 Å². The number of hydrogen-bond donors (Lipinski definition) is 4. The van der Waals surface area contributed by atoms with Gasteiger partial charge in [-0.3, -0.25) is 10.1 Å². The molecule has 7 heteroatoms.